The molecule has 1 atom stereocenters. The van der Waals surface area contributed by atoms with Crippen LogP contribution in [0.2, 0.25) is 0 Å². The lowest BCUT2D eigenvalue weighted by Gasteiger charge is -2.23. The Morgan fingerprint density at radius 2 is 1.75 bits per heavy atom. The highest BCUT2D eigenvalue weighted by Gasteiger charge is 2.49. The third kappa shape index (κ3) is 4.80. The first-order valence-corrected chi connectivity index (χ1v) is 13.9. The molecule has 3 aromatic carbocycles. The Bertz CT molecular complexity index is 1660. The largest absolute Gasteiger partial charge is 0.507 e. The van der Waals surface area contributed by atoms with Gasteiger partial charge in [-0.25, -0.2) is 8.78 Å². The van der Waals surface area contributed by atoms with Gasteiger partial charge in [-0.15, -0.1) is 10.2 Å². The number of benzene rings is 3. The van der Waals surface area contributed by atoms with E-state index in [4.69, 9.17) is 9.47 Å². The van der Waals surface area contributed by atoms with Crippen LogP contribution in [-0.2, 0) is 15.3 Å². The molecule has 6 rings (SSSR count). The van der Waals surface area contributed by atoms with Crippen LogP contribution in [0.3, 0.4) is 0 Å². The monoisotopic (exact) mass is 579 g/mol. The first-order valence-electron chi connectivity index (χ1n) is 12.1. The van der Waals surface area contributed by atoms with Crippen molar-refractivity contribution in [3.63, 3.8) is 0 Å². The maximum absolute atomic E-state index is 15.1. The van der Waals surface area contributed by atoms with E-state index >= 15 is 4.39 Å². The molecule has 1 unspecified atom stereocenters. The minimum Gasteiger partial charge on any atom is -0.507 e. The number of aliphatic hydroxyl groups excluding tert-OH is 1. The summed E-state index contributed by atoms with van der Waals surface area (Å²) in [4.78, 5) is 27.8. The summed E-state index contributed by atoms with van der Waals surface area (Å²) >= 11 is 2.36. The van der Waals surface area contributed by atoms with Crippen LogP contribution in [0.25, 0.3) is 5.76 Å². The second kappa shape index (κ2) is 10.7. The number of rotatable bonds is 6. The maximum Gasteiger partial charge on any atom is 0.301 e. The number of ketones is 1. The molecular weight excluding hydrogens is 560 g/mol. The van der Waals surface area contributed by atoms with E-state index in [-0.39, 0.29) is 27.6 Å². The van der Waals surface area contributed by atoms with Crippen molar-refractivity contribution in [1.82, 2.24) is 10.2 Å². The van der Waals surface area contributed by atoms with Gasteiger partial charge in [-0.2, -0.15) is 0 Å². The van der Waals surface area contributed by atoms with E-state index in [1.807, 2.05) is 0 Å². The second-order valence-corrected chi connectivity index (χ2v) is 11.0. The van der Waals surface area contributed by atoms with Crippen LogP contribution in [0.5, 0.6) is 11.5 Å². The molecule has 0 spiro atoms. The summed E-state index contributed by atoms with van der Waals surface area (Å²) in [6.45, 7) is 0.693. The zero-order chi connectivity index (χ0) is 27.8. The van der Waals surface area contributed by atoms with Gasteiger partial charge in [0.2, 0.25) is 5.13 Å². The van der Waals surface area contributed by atoms with Gasteiger partial charge in [0.1, 0.15) is 36.6 Å². The Hall–Kier alpha value is -4.29. The molecule has 0 bridgehead atoms. The number of thioether (sulfide) groups is 1. The Kier molecular flexibility index (Phi) is 6.95. The molecule has 0 aliphatic carbocycles. The quantitative estimate of drug-likeness (QED) is 0.105. The van der Waals surface area contributed by atoms with E-state index in [9.17, 15) is 19.1 Å². The summed E-state index contributed by atoms with van der Waals surface area (Å²) < 4.78 is 40.0. The fourth-order valence-corrected chi connectivity index (χ4v) is 6.27. The normalized spacial score (nSPS) is 17.9. The van der Waals surface area contributed by atoms with Crippen LogP contribution in [0.15, 0.2) is 76.6 Å². The Morgan fingerprint density at radius 3 is 2.52 bits per heavy atom. The zero-order valence-electron chi connectivity index (χ0n) is 20.5. The van der Waals surface area contributed by atoms with E-state index in [0.29, 0.717) is 34.8 Å². The zero-order valence-corrected chi connectivity index (χ0v) is 22.2. The van der Waals surface area contributed by atoms with Gasteiger partial charge in [0.25, 0.3) is 5.78 Å². The molecule has 3 heterocycles. The van der Waals surface area contributed by atoms with E-state index in [0.717, 1.165) is 21.8 Å². The maximum atomic E-state index is 15.1. The first kappa shape index (κ1) is 26.0. The molecule has 0 saturated carbocycles. The summed E-state index contributed by atoms with van der Waals surface area (Å²) in [7, 11) is 0. The van der Waals surface area contributed by atoms with Crippen LogP contribution >= 0.6 is 23.1 Å². The lowest BCUT2D eigenvalue weighted by Crippen LogP contribution is -2.29. The minimum atomic E-state index is -1.29. The third-order valence-corrected chi connectivity index (χ3v) is 8.46. The number of carbonyl (C=O) groups is 2. The molecule has 1 amide bonds. The standard InChI is InChI=1S/C28H19F2N3O5S2/c29-17-8-5-15(6-9-17)14-39-28-32-31-27(40-28)33-23(18-3-1-2-4-19(18)30)22(25(35)26(33)36)24(34)16-7-10-20-21(13-16)38-12-11-37-20/h1-10,13,23,34H,11-12,14H2. The summed E-state index contributed by atoms with van der Waals surface area (Å²) in [6.07, 6.45) is 0. The third-order valence-electron chi connectivity index (χ3n) is 6.34. The number of aliphatic hydroxyl groups is 1. The van der Waals surface area contributed by atoms with E-state index in [1.165, 1.54) is 54.2 Å². The molecule has 0 radical (unpaired) electrons. The van der Waals surface area contributed by atoms with Crippen LogP contribution in [-0.4, -0.2) is 40.2 Å². The fourth-order valence-electron chi connectivity index (χ4n) is 4.45. The highest BCUT2D eigenvalue weighted by Crippen LogP contribution is 2.45. The average Bonchev–Trinajstić information content (AvgIpc) is 3.54. The van der Waals surface area contributed by atoms with Crippen LogP contribution in [0, 0.1) is 11.6 Å². The molecule has 40 heavy (non-hydrogen) atoms. The SMILES string of the molecule is O=C1C(=O)N(c2nnc(SCc3ccc(F)cc3)s2)C(c2ccccc2F)C1=C(O)c1ccc2c(c1)OCCO2. The lowest BCUT2D eigenvalue weighted by molar-refractivity contribution is -0.132. The van der Waals surface area contributed by atoms with Gasteiger partial charge in [-0.05, 0) is 42.0 Å². The van der Waals surface area contributed by atoms with Crippen molar-refractivity contribution >= 4 is 45.7 Å². The molecule has 2 aliphatic rings. The predicted octanol–water partition coefficient (Wildman–Crippen LogP) is 5.51. The van der Waals surface area contributed by atoms with Crippen LogP contribution < -0.4 is 14.4 Å². The summed E-state index contributed by atoms with van der Waals surface area (Å²) in [5, 5.41) is 19.6. The lowest BCUT2D eigenvalue weighted by atomic mass is 9.95. The number of hydrogen-bond acceptors (Lipinski definition) is 9. The topological polar surface area (TPSA) is 102 Å². The van der Waals surface area contributed by atoms with Crippen molar-refractivity contribution in [2.45, 2.75) is 16.1 Å². The molecule has 1 aromatic heterocycles. The average molecular weight is 580 g/mol. The van der Waals surface area contributed by atoms with E-state index in [2.05, 4.69) is 10.2 Å². The van der Waals surface area contributed by atoms with Crippen molar-refractivity contribution in [3.8, 4) is 11.5 Å². The number of nitrogens with zero attached hydrogens (tertiary/aromatic N) is 3. The highest BCUT2D eigenvalue weighted by atomic mass is 32.2. The van der Waals surface area contributed by atoms with Crippen molar-refractivity contribution in [1.29, 1.82) is 0 Å². The molecule has 2 aliphatic heterocycles. The highest BCUT2D eigenvalue weighted by molar-refractivity contribution is 8.00. The Labute approximate surface area is 234 Å². The second-order valence-electron chi connectivity index (χ2n) is 8.81. The number of Topliss-reactive ketones (excluding diaryl/α,β-unsaturated/α-hetero) is 1. The van der Waals surface area contributed by atoms with Crippen molar-refractivity contribution in [2.75, 3.05) is 18.1 Å². The molecule has 202 valence electrons. The number of fused-ring (bicyclic) bond motifs is 1. The van der Waals surface area contributed by atoms with Crippen molar-refractivity contribution < 1.29 is 33.0 Å². The van der Waals surface area contributed by atoms with Gasteiger partial charge in [0, 0.05) is 16.9 Å². The molecule has 1 fully saturated rings. The summed E-state index contributed by atoms with van der Waals surface area (Å²) in [6, 6.07) is 15.1. The first-order chi connectivity index (χ1) is 19.4. The number of amides is 1. The molecule has 1 N–H and O–H groups in total. The Morgan fingerprint density at radius 1 is 1.00 bits per heavy atom. The van der Waals surface area contributed by atoms with Crippen LogP contribution in [0.4, 0.5) is 13.9 Å². The van der Waals surface area contributed by atoms with Crippen molar-refractivity contribution in [3.05, 3.63) is 101 Å². The molecule has 4 aromatic rings. The Balaban J connectivity index is 1.39. The summed E-state index contributed by atoms with van der Waals surface area (Å²) in [5.74, 6) is -2.13. The number of aromatic nitrogens is 2. The van der Waals surface area contributed by atoms with Gasteiger partial charge < -0.3 is 14.6 Å². The van der Waals surface area contributed by atoms with Crippen molar-refractivity contribution in [2.24, 2.45) is 0 Å². The molecule has 1 saturated heterocycles. The number of hydrogen-bond donors (Lipinski definition) is 1. The number of ether oxygens (including phenoxy) is 2. The van der Waals surface area contributed by atoms with Gasteiger partial charge in [-0.3, -0.25) is 14.5 Å². The number of carbonyl (C=O) groups excluding carboxylic acids is 2. The van der Waals surface area contributed by atoms with Gasteiger partial charge in [0.05, 0.1) is 5.57 Å². The molecule has 8 nitrogen and oxygen atoms in total. The van der Waals surface area contributed by atoms with Crippen LogP contribution in [0.1, 0.15) is 22.7 Å². The summed E-state index contributed by atoms with van der Waals surface area (Å²) in [5.41, 5.74) is 0.782. The van der Waals surface area contributed by atoms with E-state index in [1.54, 1.807) is 24.3 Å². The van der Waals surface area contributed by atoms with Gasteiger partial charge in [0.15, 0.2) is 15.8 Å². The number of halogens is 2. The van der Waals surface area contributed by atoms with E-state index < -0.39 is 29.3 Å². The van der Waals surface area contributed by atoms with Gasteiger partial charge in [-0.1, -0.05) is 53.4 Å². The predicted molar refractivity (Wildman–Crippen MR) is 144 cm³/mol. The molecular formula is C28H19F2N3O5S2. The number of anilines is 1. The smallest absolute Gasteiger partial charge is 0.301 e. The fraction of sp³-hybridized carbons (Fsp3) is 0.143. The van der Waals surface area contributed by atoms with Gasteiger partial charge >= 0.3 is 5.91 Å². The minimum absolute atomic E-state index is 0.0107. The molecule has 12 heteroatoms.